The summed E-state index contributed by atoms with van der Waals surface area (Å²) < 4.78 is 21.5. The van der Waals surface area contributed by atoms with Gasteiger partial charge in [0.2, 0.25) is 0 Å². The van der Waals surface area contributed by atoms with Crippen LogP contribution in [0.3, 0.4) is 0 Å². The molecule has 0 aliphatic carbocycles. The van der Waals surface area contributed by atoms with Crippen molar-refractivity contribution in [2.75, 3.05) is 0 Å². The van der Waals surface area contributed by atoms with E-state index in [2.05, 4.69) is 0 Å². The van der Waals surface area contributed by atoms with Crippen molar-refractivity contribution >= 4 is 49.3 Å². The van der Waals surface area contributed by atoms with Crippen molar-refractivity contribution in [3.05, 3.63) is 29.8 Å². The number of hydrogen-bond acceptors (Lipinski definition) is 2. The second-order valence-corrected chi connectivity index (χ2v) is 4.82. The molecule has 0 fully saturated rings. The molecule has 0 saturated heterocycles. The summed E-state index contributed by atoms with van der Waals surface area (Å²) in [6, 6.07) is 6.47. The maximum absolute atomic E-state index is 10.8. The number of benzene rings is 1. The number of aryl methyl sites for hydroxylation is 1. The molecule has 1 rings (SSSR count). The van der Waals surface area contributed by atoms with Crippen LogP contribution in [0, 0.1) is 6.92 Å². The van der Waals surface area contributed by atoms with E-state index in [-0.39, 0.29) is 34.5 Å². The average molecular weight is 214 g/mol. The molecular weight excluding hydrogens is 207 g/mol. The molecule has 0 amide bonds. The van der Waals surface area contributed by atoms with Gasteiger partial charge in [0.1, 0.15) is 0 Å². The third kappa shape index (κ3) is 3.46. The Kier molecular flexibility index (Phi) is 4.81. The molecule has 2 nitrogen and oxygen atoms in total. The van der Waals surface area contributed by atoms with Crippen molar-refractivity contribution in [1.29, 1.82) is 0 Å². The van der Waals surface area contributed by atoms with E-state index in [0.29, 0.717) is 0 Å². The van der Waals surface area contributed by atoms with Gasteiger partial charge >= 0.3 is 0 Å². The van der Waals surface area contributed by atoms with E-state index in [4.69, 9.17) is 10.7 Å². The van der Waals surface area contributed by atoms with Crippen LogP contribution in [0.5, 0.6) is 0 Å². The first-order valence-electron chi connectivity index (χ1n) is 3.01. The zero-order valence-corrected chi connectivity index (χ0v) is 10.5. The molecule has 0 aromatic heterocycles. The van der Waals surface area contributed by atoms with Gasteiger partial charge in [0.15, 0.2) is 0 Å². The zero-order valence-electron chi connectivity index (χ0n) is 6.91. The Bertz CT molecular complexity index is 361. The van der Waals surface area contributed by atoms with E-state index in [1.54, 1.807) is 6.07 Å². The molecule has 0 unspecified atom stereocenters. The van der Waals surface area contributed by atoms with E-state index in [9.17, 15) is 8.42 Å². The van der Waals surface area contributed by atoms with Crippen LogP contribution in [0.15, 0.2) is 29.2 Å². The zero-order chi connectivity index (χ0) is 8.48. The van der Waals surface area contributed by atoms with Crippen LogP contribution in [0.4, 0.5) is 0 Å². The van der Waals surface area contributed by atoms with Crippen molar-refractivity contribution in [2.24, 2.45) is 0 Å². The largest absolute Gasteiger partial charge is 0.261 e. The third-order valence-electron chi connectivity index (χ3n) is 1.27. The topological polar surface area (TPSA) is 34.1 Å². The van der Waals surface area contributed by atoms with Crippen molar-refractivity contribution < 1.29 is 8.42 Å². The van der Waals surface area contributed by atoms with Gasteiger partial charge in [-0.25, -0.2) is 8.42 Å². The molecule has 1 radical (unpaired) electrons. The van der Waals surface area contributed by atoms with E-state index in [0.717, 1.165) is 5.56 Å². The summed E-state index contributed by atoms with van der Waals surface area (Å²) in [5.41, 5.74) is 0.881. The van der Waals surface area contributed by atoms with Crippen LogP contribution in [0.2, 0.25) is 0 Å². The second kappa shape index (κ2) is 4.63. The summed E-state index contributed by atoms with van der Waals surface area (Å²) in [6.07, 6.45) is 0. The molecular formula is C7H7ClNaO2S. The molecule has 1 aromatic carbocycles. The molecule has 0 spiro atoms. The third-order valence-corrected chi connectivity index (χ3v) is 2.62. The quantitative estimate of drug-likeness (QED) is 0.524. The maximum Gasteiger partial charge on any atom is 0.261 e. The Labute approximate surface area is 98.6 Å². The van der Waals surface area contributed by atoms with Crippen molar-refractivity contribution in [3.8, 4) is 0 Å². The number of hydrogen-bond donors (Lipinski definition) is 0. The molecule has 0 aliphatic heterocycles. The van der Waals surface area contributed by atoms with E-state index in [1.807, 2.05) is 13.0 Å². The molecule has 0 aliphatic rings. The summed E-state index contributed by atoms with van der Waals surface area (Å²) in [5.74, 6) is 0. The predicted molar refractivity (Wildman–Crippen MR) is 50.0 cm³/mol. The van der Waals surface area contributed by atoms with Crippen molar-refractivity contribution in [2.45, 2.75) is 11.8 Å². The Morgan fingerprint density at radius 1 is 1.33 bits per heavy atom. The van der Waals surface area contributed by atoms with Gasteiger partial charge in [-0.05, 0) is 24.6 Å². The molecule has 0 saturated carbocycles. The summed E-state index contributed by atoms with van der Waals surface area (Å²) in [7, 11) is 1.55. The predicted octanol–water partition coefficient (Wildman–Crippen LogP) is 1.54. The second-order valence-electron chi connectivity index (χ2n) is 2.25. The van der Waals surface area contributed by atoms with Crippen LogP contribution in [-0.4, -0.2) is 38.0 Å². The van der Waals surface area contributed by atoms with Gasteiger partial charge in [-0.1, -0.05) is 12.1 Å². The van der Waals surface area contributed by atoms with Gasteiger partial charge in [0, 0.05) is 40.2 Å². The van der Waals surface area contributed by atoms with Crippen molar-refractivity contribution in [3.63, 3.8) is 0 Å². The molecule has 1 aromatic rings. The first kappa shape index (κ1) is 12.5. The Hall–Kier alpha value is 0.460. The van der Waals surface area contributed by atoms with Gasteiger partial charge in [-0.2, -0.15) is 0 Å². The minimum atomic E-state index is -3.55. The van der Waals surface area contributed by atoms with Gasteiger partial charge < -0.3 is 0 Å². The maximum atomic E-state index is 10.8. The van der Waals surface area contributed by atoms with E-state index < -0.39 is 9.05 Å². The van der Waals surface area contributed by atoms with Crippen LogP contribution in [0.25, 0.3) is 0 Å². The molecule has 0 atom stereocenters. The number of halogens is 1. The van der Waals surface area contributed by atoms with Crippen molar-refractivity contribution in [1.82, 2.24) is 0 Å². The smallest absolute Gasteiger partial charge is 0.207 e. The molecule has 61 valence electrons. The van der Waals surface area contributed by atoms with Gasteiger partial charge in [-0.15, -0.1) is 0 Å². The molecule has 0 bridgehead atoms. The Balaban J connectivity index is 0.00000121. The van der Waals surface area contributed by atoms with Crippen LogP contribution in [0.1, 0.15) is 5.56 Å². The first-order chi connectivity index (χ1) is 5.00. The van der Waals surface area contributed by atoms with Gasteiger partial charge in [0.05, 0.1) is 4.90 Å². The summed E-state index contributed by atoms with van der Waals surface area (Å²) in [5, 5.41) is 0. The first-order valence-corrected chi connectivity index (χ1v) is 5.32. The average Bonchev–Trinajstić information content (AvgIpc) is 1.86. The molecule has 12 heavy (non-hydrogen) atoms. The van der Waals surface area contributed by atoms with Gasteiger partial charge in [-0.3, -0.25) is 0 Å². The van der Waals surface area contributed by atoms with Gasteiger partial charge in [0.25, 0.3) is 9.05 Å². The normalized spacial score (nSPS) is 10.5. The summed E-state index contributed by atoms with van der Waals surface area (Å²) >= 11 is 0. The fourth-order valence-corrected chi connectivity index (χ4v) is 1.62. The number of rotatable bonds is 1. The molecule has 0 N–H and O–H groups in total. The molecule has 0 heterocycles. The minimum absolute atomic E-state index is 0. The SMILES string of the molecule is Cc1cccc(S(=O)(=O)Cl)c1.[Na]. The fraction of sp³-hybridized carbons (Fsp3) is 0.143. The summed E-state index contributed by atoms with van der Waals surface area (Å²) in [4.78, 5) is 0.152. The van der Waals surface area contributed by atoms with E-state index >= 15 is 0 Å². The van der Waals surface area contributed by atoms with Crippen LogP contribution in [-0.2, 0) is 9.05 Å². The van der Waals surface area contributed by atoms with Crippen LogP contribution >= 0.6 is 10.7 Å². The fourth-order valence-electron chi connectivity index (χ4n) is 0.767. The Morgan fingerprint density at radius 2 is 1.92 bits per heavy atom. The molecule has 5 heteroatoms. The minimum Gasteiger partial charge on any atom is -0.207 e. The Morgan fingerprint density at radius 3 is 2.25 bits per heavy atom. The summed E-state index contributed by atoms with van der Waals surface area (Å²) in [6.45, 7) is 1.81. The van der Waals surface area contributed by atoms with Crippen LogP contribution < -0.4 is 0 Å². The standard InChI is InChI=1S/C7H7ClO2S.Na/c1-6-3-2-4-7(5-6)11(8,9)10;/h2-5H,1H3;. The van der Waals surface area contributed by atoms with E-state index in [1.165, 1.54) is 12.1 Å². The monoisotopic (exact) mass is 213 g/mol.